The highest BCUT2D eigenvalue weighted by Gasteiger charge is 2.20. The van der Waals surface area contributed by atoms with E-state index in [0.29, 0.717) is 10.7 Å². The molecular formula is C8H13BrN4. The first-order valence-corrected chi connectivity index (χ1v) is 5.32. The summed E-state index contributed by atoms with van der Waals surface area (Å²) in [5.41, 5.74) is 0. The maximum absolute atomic E-state index is 4.32. The number of aromatic nitrogens is 3. The third-order valence-corrected chi connectivity index (χ3v) is 2.77. The van der Waals surface area contributed by atoms with Gasteiger partial charge in [0.25, 0.3) is 0 Å². The van der Waals surface area contributed by atoms with Crippen LogP contribution < -0.4 is 5.32 Å². The molecule has 2 heterocycles. The average Bonchev–Trinajstić information content (AvgIpc) is 2.44. The van der Waals surface area contributed by atoms with Gasteiger partial charge in [-0.05, 0) is 41.9 Å². The number of halogens is 1. The summed E-state index contributed by atoms with van der Waals surface area (Å²) in [6, 6.07) is 0. The molecule has 0 saturated carbocycles. The fraction of sp³-hybridized carbons (Fsp3) is 0.750. The van der Waals surface area contributed by atoms with E-state index in [1.54, 1.807) is 0 Å². The molecule has 72 valence electrons. The fourth-order valence-electron chi connectivity index (χ4n) is 1.80. The highest BCUT2D eigenvalue weighted by atomic mass is 79.9. The summed E-state index contributed by atoms with van der Waals surface area (Å²) in [5, 5.41) is 7.45. The van der Waals surface area contributed by atoms with Gasteiger partial charge in [-0.3, -0.25) is 0 Å². The largest absolute Gasteiger partial charge is 0.319 e. The first kappa shape index (κ1) is 9.15. The second-order valence-electron chi connectivity index (χ2n) is 3.44. The van der Waals surface area contributed by atoms with Crippen LogP contribution in [0.25, 0.3) is 0 Å². The number of nitrogens with zero attached hydrogens (tertiary/aromatic N) is 3. The molecular weight excluding hydrogens is 232 g/mol. The van der Waals surface area contributed by atoms with Gasteiger partial charge in [-0.2, -0.15) is 0 Å². The Labute approximate surface area is 85.9 Å². The number of aryl methyl sites for hydroxylation is 1. The third kappa shape index (κ3) is 1.91. The molecule has 1 aromatic heterocycles. The third-order valence-electron chi connectivity index (χ3n) is 2.44. The van der Waals surface area contributed by atoms with Crippen LogP contribution >= 0.6 is 15.9 Å². The summed E-state index contributed by atoms with van der Waals surface area (Å²) in [7, 11) is 2.00. The van der Waals surface area contributed by atoms with Gasteiger partial charge < -0.3 is 5.32 Å². The minimum absolute atomic E-state index is 0.715. The predicted octanol–water partition coefficient (Wildman–Crippen LogP) is 0.822. The van der Waals surface area contributed by atoms with Gasteiger partial charge in [-0.15, -0.1) is 5.10 Å². The average molecular weight is 245 g/mol. The van der Waals surface area contributed by atoms with Crippen LogP contribution in [0.2, 0.25) is 0 Å². The lowest BCUT2D eigenvalue weighted by Crippen LogP contribution is -2.27. The van der Waals surface area contributed by atoms with Gasteiger partial charge in [0.2, 0.25) is 4.73 Å². The molecule has 1 aliphatic heterocycles. The summed E-state index contributed by atoms with van der Waals surface area (Å²) >= 11 is 3.29. The number of hydrogen-bond donors (Lipinski definition) is 1. The summed E-state index contributed by atoms with van der Waals surface area (Å²) in [6.45, 7) is 2.07. The van der Waals surface area contributed by atoms with E-state index in [1.807, 2.05) is 11.7 Å². The zero-order valence-corrected chi connectivity index (χ0v) is 9.21. The fourth-order valence-corrected chi connectivity index (χ4v) is 2.20. The molecule has 0 saturated heterocycles. The van der Waals surface area contributed by atoms with Gasteiger partial charge in [-0.1, -0.05) is 0 Å². The van der Waals surface area contributed by atoms with E-state index < -0.39 is 0 Å². The summed E-state index contributed by atoms with van der Waals surface area (Å²) < 4.78 is 2.71. The van der Waals surface area contributed by atoms with Crippen LogP contribution in [0.1, 0.15) is 12.2 Å². The van der Waals surface area contributed by atoms with E-state index in [2.05, 4.69) is 31.3 Å². The minimum atomic E-state index is 0.715. The van der Waals surface area contributed by atoms with Crippen molar-refractivity contribution < 1.29 is 0 Å². The number of nitrogens with one attached hydrogen (secondary N) is 1. The molecule has 1 N–H and O–H groups in total. The molecule has 5 heteroatoms. The van der Waals surface area contributed by atoms with Crippen LogP contribution in [-0.2, 0) is 13.0 Å². The molecule has 0 radical (unpaired) electrons. The van der Waals surface area contributed by atoms with Crippen molar-refractivity contribution in [1.29, 1.82) is 0 Å². The first-order chi connectivity index (χ1) is 6.29. The Kier molecular flexibility index (Phi) is 2.64. The predicted molar refractivity (Wildman–Crippen MR) is 53.5 cm³/mol. The lowest BCUT2D eigenvalue weighted by Gasteiger charge is -2.21. The zero-order valence-electron chi connectivity index (χ0n) is 7.63. The van der Waals surface area contributed by atoms with Gasteiger partial charge in [0.15, 0.2) is 0 Å². The molecule has 0 spiro atoms. The minimum Gasteiger partial charge on any atom is -0.319 e. The standard InChI is InChI=1S/C8H13BrN4/c1-10-5-6-2-3-13-7(4-6)11-8(9)12-13/h6,10H,2-5H2,1H3. The van der Waals surface area contributed by atoms with Crippen molar-refractivity contribution in [3.63, 3.8) is 0 Å². The van der Waals surface area contributed by atoms with Crippen LogP contribution in [0.5, 0.6) is 0 Å². The maximum Gasteiger partial charge on any atom is 0.217 e. The molecule has 4 nitrogen and oxygen atoms in total. The number of hydrogen-bond acceptors (Lipinski definition) is 3. The van der Waals surface area contributed by atoms with Crippen molar-refractivity contribution in [2.24, 2.45) is 5.92 Å². The normalized spacial score (nSPS) is 21.5. The molecule has 13 heavy (non-hydrogen) atoms. The zero-order chi connectivity index (χ0) is 9.26. The van der Waals surface area contributed by atoms with E-state index in [4.69, 9.17) is 0 Å². The SMILES string of the molecule is CNCC1CCn2nc(Br)nc2C1. The van der Waals surface area contributed by atoms with E-state index in [1.165, 1.54) is 6.42 Å². The van der Waals surface area contributed by atoms with E-state index in [-0.39, 0.29) is 0 Å². The Bertz CT molecular complexity index is 296. The second-order valence-corrected chi connectivity index (χ2v) is 4.15. The lowest BCUT2D eigenvalue weighted by atomic mass is 9.98. The Morgan fingerprint density at radius 2 is 2.54 bits per heavy atom. The highest BCUT2D eigenvalue weighted by Crippen LogP contribution is 2.19. The number of fused-ring (bicyclic) bond motifs is 1. The lowest BCUT2D eigenvalue weighted by molar-refractivity contribution is 0.354. The molecule has 1 aliphatic rings. The van der Waals surface area contributed by atoms with Crippen LogP contribution in [0, 0.1) is 5.92 Å². The van der Waals surface area contributed by atoms with Gasteiger partial charge in [-0.25, -0.2) is 9.67 Å². The highest BCUT2D eigenvalue weighted by molar-refractivity contribution is 9.10. The molecule has 1 aromatic rings. The van der Waals surface area contributed by atoms with Crippen LogP contribution in [-0.4, -0.2) is 28.4 Å². The molecule has 0 aliphatic carbocycles. The molecule has 0 fully saturated rings. The molecule has 1 atom stereocenters. The summed E-state index contributed by atoms with van der Waals surface area (Å²) in [5.74, 6) is 1.83. The Balaban J connectivity index is 2.10. The monoisotopic (exact) mass is 244 g/mol. The van der Waals surface area contributed by atoms with Gasteiger partial charge in [0.1, 0.15) is 5.82 Å². The van der Waals surface area contributed by atoms with E-state index in [9.17, 15) is 0 Å². The van der Waals surface area contributed by atoms with Crippen molar-refractivity contribution in [1.82, 2.24) is 20.1 Å². The Hall–Kier alpha value is -0.420. The molecule has 0 amide bonds. The van der Waals surface area contributed by atoms with Crippen molar-refractivity contribution >= 4 is 15.9 Å². The van der Waals surface area contributed by atoms with Crippen molar-refractivity contribution in [3.8, 4) is 0 Å². The topological polar surface area (TPSA) is 42.7 Å². The van der Waals surface area contributed by atoms with E-state index in [0.717, 1.165) is 25.3 Å². The summed E-state index contributed by atoms with van der Waals surface area (Å²) in [6.07, 6.45) is 2.24. The van der Waals surface area contributed by atoms with Gasteiger partial charge >= 0.3 is 0 Å². The molecule has 2 rings (SSSR count). The summed E-state index contributed by atoms with van der Waals surface area (Å²) in [4.78, 5) is 4.32. The smallest absolute Gasteiger partial charge is 0.217 e. The Morgan fingerprint density at radius 3 is 3.31 bits per heavy atom. The van der Waals surface area contributed by atoms with Crippen molar-refractivity contribution in [2.45, 2.75) is 19.4 Å². The van der Waals surface area contributed by atoms with E-state index >= 15 is 0 Å². The Morgan fingerprint density at radius 1 is 1.69 bits per heavy atom. The van der Waals surface area contributed by atoms with Crippen molar-refractivity contribution in [3.05, 3.63) is 10.6 Å². The van der Waals surface area contributed by atoms with Crippen LogP contribution in [0.15, 0.2) is 4.73 Å². The van der Waals surface area contributed by atoms with Crippen LogP contribution in [0.4, 0.5) is 0 Å². The first-order valence-electron chi connectivity index (χ1n) is 4.53. The second kappa shape index (κ2) is 3.75. The quantitative estimate of drug-likeness (QED) is 0.838. The van der Waals surface area contributed by atoms with Gasteiger partial charge in [0.05, 0.1) is 0 Å². The molecule has 0 bridgehead atoms. The van der Waals surface area contributed by atoms with Crippen LogP contribution in [0.3, 0.4) is 0 Å². The van der Waals surface area contributed by atoms with Crippen molar-refractivity contribution in [2.75, 3.05) is 13.6 Å². The number of rotatable bonds is 2. The van der Waals surface area contributed by atoms with Gasteiger partial charge in [0, 0.05) is 13.0 Å². The molecule has 1 unspecified atom stereocenters. The molecule has 0 aromatic carbocycles. The maximum atomic E-state index is 4.32.